The molecule has 2 aliphatic heterocycles. The van der Waals surface area contributed by atoms with Crippen LogP contribution in [0.2, 0.25) is 0 Å². The number of nitrogens with one attached hydrogen (secondary N) is 1. The maximum absolute atomic E-state index is 4.53. The molecular formula is C24H36N6S. The molecule has 0 aliphatic carbocycles. The molecule has 2 aliphatic rings. The van der Waals surface area contributed by atoms with Crippen LogP contribution in [0.5, 0.6) is 0 Å². The Morgan fingerprint density at radius 3 is 2.42 bits per heavy atom. The lowest BCUT2D eigenvalue weighted by atomic mass is 10.1. The van der Waals surface area contributed by atoms with Crippen LogP contribution in [0.1, 0.15) is 17.5 Å². The van der Waals surface area contributed by atoms with Gasteiger partial charge >= 0.3 is 0 Å². The van der Waals surface area contributed by atoms with Gasteiger partial charge in [0.1, 0.15) is 0 Å². The molecule has 1 aromatic carbocycles. The molecule has 2 fully saturated rings. The molecule has 3 heterocycles. The van der Waals surface area contributed by atoms with Crippen LogP contribution in [0.25, 0.3) is 0 Å². The summed E-state index contributed by atoms with van der Waals surface area (Å²) >= 11 is 1.82. The lowest BCUT2D eigenvalue weighted by Gasteiger charge is -2.37. The summed E-state index contributed by atoms with van der Waals surface area (Å²) in [6, 6.07) is 13.4. The average molecular weight is 441 g/mol. The van der Waals surface area contributed by atoms with Crippen LogP contribution in [0.3, 0.4) is 0 Å². The molecule has 2 saturated heterocycles. The summed E-state index contributed by atoms with van der Waals surface area (Å²) in [5.41, 5.74) is 2.71. The van der Waals surface area contributed by atoms with Crippen molar-refractivity contribution in [1.29, 1.82) is 0 Å². The normalized spacial score (nSPS) is 19.5. The Hall–Kier alpha value is -2.09. The van der Waals surface area contributed by atoms with E-state index in [4.69, 9.17) is 0 Å². The molecule has 0 radical (unpaired) electrons. The number of hydrogen-bond acceptors (Lipinski definition) is 5. The van der Waals surface area contributed by atoms with Gasteiger partial charge in [-0.2, -0.15) is 0 Å². The summed E-state index contributed by atoms with van der Waals surface area (Å²) in [5, 5.41) is 7.09. The molecule has 6 nitrogen and oxygen atoms in total. The van der Waals surface area contributed by atoms with Gasteiger partial charge in [0, 0.05) is 59.4 Å². The number of piperazine rings is 1. The van der Waals surface area contributed by atoms with E-state index in [0.717, 1.165) is 51.8 Å². The number of likely N-dealkylation sites (N-methyl/N-ethyl adjacent to an activating group) is 1. The number of hydrogen-bond donors (Lipinski definition) is 1. The molecule has 0 bridgehead atoms. The predicted molar refractivity (Wildman–Crippen MR) is 132 cm³/mol. The highest BCUT2D eigenvalue weighted by Crippen LogP contribution is 2.22. The lowest BCUT2D eigenvalue weighted by Crippen LogP contribution is -2.52. The molecule has 7 heteroatoms. The van der Waals surface area contributed by atoms with Gasteiger partial charge in [0.2, 0.25) is 0 Å². The summed E-state index contributed by atoms with van der Waals surface area (Å²) in [4.78, 5) is 14.4. The molecular weight excluding hydrogens is 404 g/mol. The van der Waals surface area contributed by atoms with Crippen molar-refractivity contribution in [1.82, 2.24) is 20.0 Å². The fourth-order valence-electron chi connectivity index (χ4n) is 4.38. The monoisotopic (exact) mass is 440 g/mol. The largest absolute Gasteiger partial charge is 0.360 e. The fraction of sp³-hybridized carbons (Fsp3) is 0.542. The van der Waals surface area contributed by atoms with Gasteiger partial charge in [0.05, 0.1) is 5.00 Å². The van der Waals surface area contributed by atoms with E-state index in [1.807, 2.05) is 18.4 Å². The van der Waals surface area contributed by atoms with Gasteiger partial charge in [-0.05, 0) is 55.2 Å². The van der Waals surface area contributed by atoms with Crippen molar-refractivity contribution >= 4 is 22.3 Å². The zero-order chi connectivity index (χ0) is 21.5. The summed E-state index contributed by atoms with van der Waals surface area (Å²) in [5.74, 6) is 1.00. The third kappa shape index (κ3) is 6.21. The van der Waals surface area contributed by atoms with Gasteiger partial charge in [-0.3, -0.25) is 9.89 Å². The maximum Gasteiger partial charge on any atom is 0.194 e. The molecule has 1 N–H and O–H groups in total. The first kappa shape index (κ1) is 22.1. The molecule has 4 rings (SSSR count). The third-order valence-electron chi connectivity index (χ3n) is 6.30. The van der Waals surface area contributed by atoms with E-state index in [-0.39, 0.29) is 0 Å². The lowest BCUT2D eigenvalue weighted by molar-refractivity contribution is 0.269. The van der Waals surface area contributed by atoms with Gasteiger partial charge in [-0.15, -0.1) is 11.3 Å². The predicted octanol–water partition coefficient (Wildman–Crippen LogP) is 2.78. The third-order valence-corrected chi connectivity index (χ3v) is 7.23. The first-order valence-corrected chi connectivity index (χ1v) is 12.3. The van der Waals surface area contributed by atoms with Crippen LogP contribution in [0.4, 0.5) is 5.00 Å². The maximum atomic E-state index is 4.53. The Bertz CT molecular complexity index is 811. The fourth-order valence-corrected chi connectivity index (χ4v) is 5.17. The topological polar surface area (TPSA) is 37.4 Å². The molecule has 1 aromatic heterocycles. The molecule has 0 unspecified atom stereocenters. The Labute approximate surface area is 191 Å². The Morgan fingerprint density at radius 1 is 0.935 bits per heavy atom. The van der Waals surface area contributed by atoms with Crippen molar-refractivity contribution in [2.75, 3.05) is 71.4 Å². The van der Waals surface area contributed by atoms with E-state index in [2.05, 4.69) is 78.7 Å². The number of thiophene rings is 1. The van der Waals surface area contributed by atoms with Gasteiger partial charge in [0.25, 0.3) is 0 Å². The average Bonchev–Trinajstić information content (AvgIpc) is 3.26. The van der Waals surface area contributed by atoms with Crippen molar-refractivity contribution in [3.63, 3.8) is 0 Å². The summed E-state index contributed by atoms with van der Waals surface area (Å²) in [6.45, 7) is 10.7. The quantitative estimate of drug-likeness (QED) is 0.572. The molecule has 0 atom stereocenters. The Morgan fingerprint density at radius 2 is 1.71 bits per heavy atom. The summed E-state index contributed by atoms with van der Waals surface area (Å²) in [7, 11) is 4.11. The standard InChI is InChI=1S/C24H36N6S/c1-25-24(30-16-14-29(15-17-30)23-5-3-18-31-23)26-19-21-6-8-22(9-7-21)20-28-11-4-10-27(2)12-13-28/h3,5-9,18H,4,10-17,19-20H2,1-2H3,(H,25,26). The minimum Gasteiger partial charge on any atom is -0.360 e. The molecule has 0 amide bonds. The second kappa shape index (κ2) is 11.0. The van der Waals surface area contributed by atoms with Gasteiger partial charge < -0.3 is 20.0 Å². The number of nitrogens with zero attached hydrogens (tertiary/aromatic N) is 5. The van der Waals surface area contributed by atoms with E-state index in [9.17, 15) is 0 Å². The molecule has 0 spiro atoms. The molecule has 2 aromatic rings. The number of guanidine groups is 1. The second-order valence-corrected chi connectivity index (χ2v) is 9.50. The van der Waals surface area contributed by atoms with Crippen LogP contribution < -0.4 is 10.2 Å². The Balaban J connectivity index is 1.23. The SMILES string of the molecule is CN=C(NCc1ccc(CN2CCCN(C)CC2)cc1)N1CCN(c2cccs2)CC1. The van der Waals surface area contributed by atoms with Crippen molar-refractivity contribution in [2.45, 2.75) is 19.5 Å². The van der Waals surface area contributed by atoms with E-state index >= 15 is 0 Å². The molecule has 168 valence electrons. The summed E-state index contributed by atoms with van der Waals surface area (Å²) < 4.78 is 0. The minimum atomic E-state index is 0.812. The highest BCUT2D eigenvalue weighted by Gasteiger charge is 2.20. The zero-order valence-electron chi connectivity index (χ0n) is 19.0. The van der Waals surface area contributed by atoms with E-state index < -0.39 is 0 Å². The second-order valence-electron chi connectivity index (χ2n) is 8.58. The minimum absolute atomic E-state index is 0.812. The number of rotatable bonds is 5. The van der Waals surface area contributed by atoms with Crippen molar-refractivity contribution in [2.24, 2.45) is 4.99 Å². The number of aliphatic imine (C=N–C) groups is 1. The number of anilines is 1. The van der Waals surface area contributed by atoms with E-state index in [1.54, 1.807) is 0 Å². The van der Waals surface area contributed by atoms with Gasteiger partial charge in [-0.25, -0.2) is 0 Å². The highest BCUT2D eigenvalue weighted by atomic mass is 32.1. The van der Waals surface area contributed by atoms with Gasteiger partial charge in [-0.1, -0.05) is 24.3 Å². The molecule has 31 heavy (non-hydrogen) atoms. The van der Waals surface area contributed by atoms with Gasteiger partial charge in [0.15, 0.2) is 5.96 Å². The zero-order valence-corrected chi connectivity index (χ0v) is 19.8. The van der Waals surface area contributed by atoms with Crippen molar-refractivity contribution in [3.8, 4) is 0 Å². The first-order chi connectivity index (χ1) is 15.2. The van der Waals surface area contributed by atoms with Crippen LogP contribution in [0, 0.1) is 0 Å². The Kier molecular flexibility index (Phi) is 7.83. The van der Waals surface area contributed by atoms with Crippen molar-refractivity contribution < 1.29 is 0 Å². The molecule has 0 saturated carbocycles. The van der Waals surface area contributed by atoms with Crippen LogP contribution in [-0.2, 0) is 13.1 Å². The van der Waals surface area contributed by atoms with Crippen LogP contribution in [-0.4, -0.2) is 87.1 Å². The first-order valence-electron chi connectivity index (χ1n) is 11.4. The number of benzene rings is 1. The van der Waals surface area contributed by atoms with Crippen molar-refractivity contribution in [3.05, 3.63) is 52.9 Å². The smallest absolute Gasteiger partial charge is 0.194 e. The highest BCUT2D eigenvalue weighted by molar-refractivity contribution is 7.14. The summed E-state index contributed by atoms with van der Waals surface area (Å²) in [6.07, 6.45) is 1.26. The van der Waals surface area contributed by atoms with E-state index in [1.165, 1.54) is 42.2 Å². The van der Waals surface area contributed by atoms with Crippen LogP contribution in [0.15, 0.2) is 46.8 Å². The van der Waals surface area contributed by atoms with E-state index in [0.29, 0.717) is 0 Å². The van der Waals surface area contributed by atoms with Crippen LogP contribution >= 0.6 is 11.3 Å².